The van der Waals surface area contributed by atoms with Crippen molar-refractivity contribution < 1.29 is 9.32 Å². The van der Waals surface area contributed by atoms with E-state index < -0.39 is 0 Å². The average molecular weight is 435 g/mol. The number of hydrogen-bond acceptors (Lipinski definition) is 7. The van der Waals surface area contributed by atoms with Gasteiger partial charge in [-0.05, 0) is 29.8 Å². The topological polar surface area (TPSA) is 87.4 Å². The second-order valence-electron chi connectivity index (χ2n) is 8.00. The quantitative estimate of drug-likeness (QED) is 0.554. The summed E-state index contributed by atoms with van der Waals surface area (Å²) in [5.74, 6) is 0.940. The molecule has 0 spiro atoms. The SMILES string of the molecule is CCN1CCN(Cc2ccccc2CNC(=O)CCc2nc(-c3ccncc3)no2)CC1. The van der Waals surface area contributed by atoms with Crippen LogP contribution < -0.4 is 5.32 Å². The largest absolute Gasteiger partial charge is 0.352 e. The number of carbonyl (C=O) groups excluding carboxylic acids is 1. The minimum absolute atomic E-state index is 0.0278. The summed E-state index contributed by atoms with van der Waals surface area (Å²) in [4.78, 5) is 25.7. The molecule has 1 saturated heterocycles. The highest BCUT2D eigenvalue weighted by Crippen LogP contribution is 2.15. The summed E-state index contributed by atoms with van der Waals surface area (Å²) in [7, 11) is 0. The van der Waals surface area contributed by atoms with Gasteiger partial charge in [0, 0.05) is 70.1 Å². The van der Waals surface area contributed by atoms with Crippen molar-refractivity contribution in [3.63, 3.8) is 0 Å². The van der Waals surface area contributed by atoms with Gasteiger partial charge in [0.15, 0.2) is 0 Å². The lowest BCUT2D eigenvalue weighted by Crippen LogP contribution is -2.45. The molecule has 1 aliphatic heterocycles. The van der Waals surface area contributed by atoms with Crippen molar-refractivity contribution in [2.24, 2.45) is 0 Å². The maximum atomic E-state index is 12.4. The Kier molecular flexibility index (Phi) is 7.58. The van der Waals surface area contributed by atoms with Gasteiger partial charge < -0.3 is 14.7 Å². The zero-order chi connectivity index (χ0) is 22.2. The van der Waals surface area contributed by atoms with E-state index in [0.29, 0.717) is 31.1 Å². The summed E-state index contributed by atoms with van der Waals surface area (Å²) in [6.45, 7) is 9.18. The fourth-order valence-corrected chi connectivity index (χ4v) is 3.87. The first-order chi connectivity index (χ1) is 15.7. The van der Waals surface area contributed by atoms with E-state index >= 15 is 0 Å². The zero-order valence-electron chi connectivity index (χ0n) is 18.5. The van der Waals surface area contributed by atoms with E-state index in [1.54, 1.807) is 12.4 Å². The molecule has 8 heteroatoms. The Hall–Kier alpha value is -3.10. The van der Waals surface area contributed by atoms with Gasteiger partial charge >= 0.3 is 0 Å². The number of nitrogens with zero attached hydrogens (tertiary/aromatic N) is 5. The number of amides is 1. The van der Waals surface area contributed by atoms with Gasteiger partial charge in [-0.15, -0.1) is 0 Å². The molecule has 1 amide bonds. The van der Waals surface area contributed by atoms with Crippen LogP contribution in [0.2, 0.25) is 0 Å². The van der Waals surface area contributed by atoms with Crippen LogP contribution in [0.3, 0.4) is 0 Å². The molecule has 2 aromatic heterocycles. The predicted octanol–water partition coefficient (Wildman–Crippen LogP) is 2.52. The molecular formula is C24H30N6O2. The molecule has 32 heavy (non-hydrogen) atoms. The minimum Gasteiger partial charge on any atom is -0.352 e. The molecule has 8 nitrogen and oxygen atoms in total. The second kappa shape index (κ2) is 11.0. The number of rotatable bonds is 9. The number of piperazine rings is 1. The van der Waals surface area contributed by atoms with Gasteiger partial charge in [0.25, 0.3) is 0 Å². The van der Waals surface area contributed by atoms with Gasteiger partial charge in [0.1, 0.15) is 0 Å². The van der Waals surface area contributed by atoms with Crippen LogP contribution in [0.1, 0.15) is 30.4 Å². The smallest absolute Gasteiger partial charge is 0.227 e. The van der Waals surface area contributed by atoms with Gasteiger partial charge in [0.05, 0.1) is 0 Å². The van der Waals surface area contributed by atoms with Crippen molar-refractivity contribution in [1.29, 1.82) is 0 Å². The van der Waals surface area contributed by atoms with Crippen LogP contribution in [0.5, 0.6) is 0 Å². The minimum atomic E-state index is -0.0278. The lowest BCUT2D eigenvalue weighted by Gasteiger charge is -2.34. The van der Waals surface area contributed by atoms with Crippen LogP contribution in [0, 0.1) is 0 Å². The molecule has 0 aliphatic carbocycles. The van der Waals surface area contributed by atoms with Crippen LogP contribution in [-0.2, 0) is 24.3 Å². The molecule has 4 rings (SSSR count). The first-order valence-corrected chi connectivity index (χ1v) is 11.2. The van der Waals surface area contributed by atoms with Gasteiger partial charge in [-0.2, -0.15) is 4.98 Å². The van der Waals surface area contributed by atoms with Crippen molar-refractivity contribution in [1.82, 2.24) is 30.2 Å². The molecule has 1 aromatic carbocycles. The summed E-state index contributed by atoms with van der Waals surface area (Å²) in [5.41, 5.74) is 3.28. The summed E-state index contributed by atoms with van der Waals surface area (Å²) in [5, 5.41) is 7.02. The molecule has 1 N–H and O–H groups in total. The number of aromatic nitrogens is 3. The third kappa shape index (κ3) is 5.99. The van der Waals surface area contributed by atoms with Gasteiger partial charge in [-0.25, -0.2) is 0 Å². The lowest BCUT2D eigenvalue weighted by molar-refractivity contribution is -0.121. The van der Waals surface area contributed by atoms with E-state index in [2.05, 4.69) is 55.4 Å². The number of pyridine rings is 1. The van der Waals surface area contributed by atoms with Gasteiger partial charge in [-0.1, -0.05) is 36.3 Å². The van der Waals surface area contributed by atoms with Crippen LogP contribution in [0.4, 0.5) is 0 Å². The number of hydrogen-bond donors (Lipinski definition) is 1. The zero-order valence-corrected chi connectivity index (χ0v) is 18.5. The molecule has 0 radical (unpaired) electrons. The summed E-state index contributed by atoms with van der Waals surface area (Å²) < 4.78 is 5.28. The van der Waals surface area contributed by atoms with E-state index in [1.165, 1.54) is 5.56 Å². The predicted molar refractivity (Wildman–Crippen MR) is 122 cm³/mol. The highest BCUT2D eigenvalue weighted by atomic mass is 16.5. The maximum Gasteiger partial charge on any atom is 0.227 e. The summed E-state index contributed by atoms with van der Waals surface area (Å²) in [6, 6.07) is 12.0. The summed E-state index contributed by atoms with van der Waals surface area (Å²) >= 11 is 0. The molecule has 1 fully saturated rings. The standard InChI is InChI=1S/C24H30N6O2/c1-2-29-13-15-30(16-14-29)18-21-6-4-3-5-20(21)17-26-22(31)7-8-23-27-24(28-32-23)19-9-11-25-12-10-19/h3-6,9-12H,2,7-8,13-18H2,1H3,(H,26,31). The number of benzene rings is 1. The molecule has 3 aromatic rings. The van der Waals surface area contributed by atoms with Crippen molar-refractivity contribution in [3.05, 3.63) is 65.8 Å². The molecule has 0 saturated carbocycles. The lowest BCUT2D eigenvalue weighted by atomic mass is 10.1. The highest BCUT2D eigenvalue weighted by molar-refractivity contribution is 5.76. The fraction of sp³-hybridized carbons (Fsp3) is 0.417. The third-order valence-corrected chi connectivity index (χ3v) is 5.87. The molecule has 0 unspecified atom stereocenters. The Morgan fingerprint density at radius 2 is 1.75 bits per heavy atom. The number of aryl methyl sites for hydroxylation is 1. The molecule has 168 valence electrons. The van der Waals surface area contributed by atoms with Crippen LogP contribution >= 0.6 is 0 Å². The van der Waals surface area contributed by atoms with Crippen molar-refractivity contribution in [2.75, 3.05) is 32.7 Å². The van der Waals surface area contributed by atoms with E-state index in [-0.39, 0.29) is 5.91 Å². The van der Waals surface area contributed by atoms with Gasteiger partial charge in [0.2, 0.25) is 17.6 Å². The molecule has 0 bridgehead atoms. The molecular weight excluding hydrogens is 404 g/mol. The Morgan fingerprint density at radius 1 is 1.03 bits per heavy atom. The van der Waals surface area contributed by atoms with Crippen molar-refractivity contribution in [2.45, 2.75) is 32.9 Å². The van der Waals surface area contributed by atoms with E-state index in [4.69, 9.17) is 4.52 Å². The summed E-state index contributed by atoms with van der Waals surface area (Å²) in [6.07, 6.45) is 4.08. The van der Waals surface area contributed by atoms with Crippen molar-refractivity contribution >= 4 is 5.91 Å². The van der Waals surface area contributed by atoms with Crippen molar-refractivity contribution in [3.8, 4) is 11.4 Å². The Balaban J connectivity index is 1.25. The van der Waals surface area contributed by atoms with Gasteiger partial charge in [-0.3, -0.25) is 14.7 Å². The Bertz CT molecular complexity index is 998. The maximum absolute atomic E-state index is 12.4. The fourth-order valence-electron chi connectivity index (χ4n) is 3.87. The normalized spacial score (nSPS) is 15.0. The highest BCUT2D eigenvalue weighted by Gasteiger charge is 2.17. The number of carbonyl (C=O) groups is 1. The second-order valence-corrected chi connectivity index (χ2v) is 8.00. The Labute approximate surface area is 188 Å². The molecule has 3 heterocycles. The third-order valence-electron chi connectivity index (χ3n) is 5.87. The van der Waals surface area contributed by atoms with E-state index in [0.717, 1.165) is 50.4 Å². The molecule has 0 atom stereocenters. The van der Waals surface area contributed by atoms with E-state index in [1.807, 2.05) is 18.2 Å². The van der Waals surface area contributed by atoms with E-state index in [9.17, 15) is 4.79 Å². The van der Waals surface area contributed by atoms with Crippen LogP contribution in [0.15, 0.2) is 53.3 Å². The number of likely N-dealkylation sites (N-methyl/N-ethyl adjacent to an activating group) is 1. The first kappa shape index (κ1) is 22.1. The van der Waals surface area contributed by atoms with Crippen LogP contribution in [-0.4, -0.2) is 63.6 Å². The first-order valence-electron chi connectivity index (χ1n) is 11.2. The number of nitrogens with one attached hydrogen (secondary N) is 1. The van der Waals surface area contributed by atoms with Crippen LogP contribution in [0.25, 0.3) is 11.4 Å². The molecule has 1 aliphatic rings. The Morgan fingerprint density at radius 3 is 2.50 bits per heavy atom. The average Bonchev–Trinajstić information content (AvgIpc) is 3.32. The monoisotopic (exact) mass is 434 g/mol.